The molecule has 2 N–H and O–H groups in total. The quantitative estimate of drug-likeness (QED) is 0.344. The molecule has 1 saturated carbocycles. The van der Waals surface area contributed by atoms with Crippen LogP contribution in [0.5, 0.6) is 0 Å². The lowest BCUT2D eigenvalue weighted by atomic mass is 9.78. The van der Waals surface area contributed by atoms with Crippen LogP contribution in [0, 0.1) is 11.8 Å². The molecule has 1 heterocycles. The van der Waals surface area contributed by atoms with Gasteiger partial charge in [0.2, 0.25) is 5.92 Å². The highest BCUT2D eigenvalue weighted by Gasteiger charge is 2.42. The minimum absolute atomic E-state index is 0.0416. The molecular formula is C29H36F4N2O5S. The normalized spacial score (nSPS) is 22.2. The molecule has 0 spiro atoms. The predicted octanol–water partition coefficient (Wildman–Crippen LogP) is 5.20. The van der Waals surface area contributed by atoms with Gasteiger partial charge in [0.05, 0.1) is 35.9 Å². The van der Waals surface area contributed by atoms with Crippen LogP contribution in [0.1, 0.15) is 61.0 Å². The van der Waals surface area contributed by atoms with E-state index in [1.165, 1.54) is 12.1 Å². The van der Waals surface area contributed by atoms with Crippen LogP contribution in [0.2, 0.25) is 0 Å². The number of anilines is 1. The molecule has 0 aromatic heterocycles. The van der Waals surface area contributed by atoms with E-state index in [1.807, 2.05) is 4.90 Å². The number of alkyl halides is 4. The molecule has 41 heavy (non-hydrogen) atoms. The van der Waals surface area contributed by atoms with Gasteiger partial charge in [-0.3, -0.25) is 4.79 Å². The first-order valence-corrected chi connectivity index (χ1v) is 15.5. The second-order valence-corrected chi connectivity index (χ2v) is 13.1. The minimum Gasteiger partial charge on any atom is -0.394 e. The number of hydrogen-bond acceptors (Lipinski definition) is 6. The second kappa shape index (κ2) is 13.1. The minimum atomic E-state index is -3.38. The Hall–Kier alpha value is -2.70. The molecule has 1 aliphatic heterocycles. The maximum absolute atomic E-state index is 13.7. The van der Waals surface area contributed by atoms with Crippen LogP contribution in [0.4, 0.5) is 23.2 Å². The van der Waals surface area contributed by atoms with E-state index >= 15 is 0 Å². The van der Waals surface area contributed by atoms with E-state index in [1.54, 1.807) is 43.3 Å². The van der Waals surface area contributed by atoms with Gasteiger partial charge in [-0.2, -0.15) is 8.78 Å². The van der Waals surface area contributed by atoms with Crippen LogP contribution in [-0.2, 0) is 14.6 Å². The predicted molar refractivity (Wildman–Crippen MR) is 146 cm³/mol. The largest absolute Gasteiger partial charge is 0.394 e. The highest BCUT2D eigenvalue weighted by Crippen LogP contribution is 2.43. The van der Waals surface area contributed by atoms with Crippen LogP contribution in [0.25, 0.3) is 0 Å². The summed E-state index contributed by atoms with van der Waals surface area (Å²) in [5, 5.41) is 12.6. The number of amides is 1. The number of nitrogens with zero attached hydrogens (tertiary/aromatic N) is 1. The van der Waals surface area contributed by atoms with Crippen molar-refractivity contribution in [1.29, 1.82) is 0 Å². The molecule has 0 radical (unpaired) electrons. The van der Waals surface area contributed by atoms with Gasteiger partial charge < -0.3 is 20.1 Å². The molecule has 12 heteroatoms. The zero-order valence-corrected chi connectivity index (χ0v) is 23.6. The van der Waals surface area contributed by atoms with Crippen LogP contribution >= 0.6 is 0 Å². The molecule has 1 aliphatic carbocycles. The Morgan fingerprint density at radius 1 is 1.07 bits per heavy atom. The summed E-state index contributed by atoms with van der Waals surface area (Å²) in [5.74, 6) is -2.98. The van der Waals surface area contributed by atoms with E-state index in [-0.39, 0.29) is 48.0 Å². The summed E-state index contributed by atoms with van der Waals surface area (Å²) in [6.07, 6.45) is 1.04. The number of benzene rings is 2. The topological polar surface area (TPSA) is 95.9 Å². The third-order valence-electron chi connectivity index (χ3n) is 8.26. The number of ether oxygens (including phenoxy) is 1. The number of aliphatic hydroxyl groups excluding tert-OH is 1. The Morgan fingerprint density at radius 3 is 2.27 bits per heavy atom. The Balaban J connectivity index is 1.43. The zero-order valence-electron chi connectivity index (χ0n) is 22.8. The molecule has 2 fully saturated rings. The summed E-state index contributed by atoms with van der Waals surface area (Å²) >= 11 is 0. The number of rotatable bonds is 11. The summed E-state index contributed by atoms with van der Waals surface area (Å²) in [5.41, 5.74) is 1.56. The van der Waals surface area contributed by atoms with Crippen molar-refractivity contribution in [3.05, 3.63) is 59.7 Å². The van der Waals surface area contributed by atoms with Crippen molar-refractivity contribution in [2.75, 3.05) is 30.4 Å². The van der Waals surface area contributed by atoms with Gasteiger partial charge >= 0.3 is 6.61 Å². The van der Waals surface area contributed by atoms with E-state index < -0.39 is 40.9 Å². The van der Waals surface area contributed by atoms with Crippen molar-refractivity contribution in [3.8, 4) is 0 Å². The van der Waals surface area contributed by atoms with Crippen molar-refractivity contribution < 1.29 is 40.6 Å². The molecular weight excluding hydrogens is 564 g/mol. The summed E-state index contributed by atoms with van der Waals surface area (Å²) in [4.78, 5) is 15.1. The molecule has 4 rings (SSSR count). The lowest BCUT2D eigenvalue weighted by molar-refractivity contribution is -0.132. The van der Waals surface area contributed by atoms with Gasteiger partial charge in [-0.15, -0.1) is 0 Å². The molecule has 1 saturated heterocycles. The standard InChI is InChI=1S/C29H36F4N2O5S/c1-2-41(38,39)25-9-5-20(6-10-25)26(17-36)34-27(37)21-3-7-23(8-4-21)35-16-22(15-24(35)18-40-28(30)31)19-11-13-29(32,33)14-12-19/h3-10,19,22,24,26,28,36H,2,11-18H2,1H3,(H,34,37)/t22?,24-,26-/m0/s1. The average molecular weight is 601 g/mol. The number of carbonyl (C=O) groups is 1. The van der Waals surface area contributed by atoms with E-state index in [2.05, 4.69) is 10.1 Å². The van der Waals surface area contributed by atoms with E-state index in [0.29, 0.717) is 42.6 Å². The van der Waals surface area contributed by atoms with E-state index in [0.717, 1.165) is 0 Å². The van der Waals surface area contributed by atoms with Crippen LogP contribution in [0.3, 0.4) is 0 Å². The molecule has 3 atom stereocenters. The van der Waals surface area contributed by atoms with Gasteiger partial charge in [0.1, 0.15) is 0 Å². The highest BCUT2D eigenvalue weighted by molar-refractivity contribution is 7.91. The molecule has 2 aromatic carbocycles. The first-order chi connectivity index (χ1) is 19.4. The van der Waals surface area contributed by atoms with Gasteiger partial charge in [0.15, 0.2) is 9.84 Å². The van der Waals surface area contributed by atoms with Crippen molar-refractivity contribution in [1.82, 2.24) is 5.32 Å². The maximum Gasteiger partial charge on any atom is 0.345 e. The van der Waals surface area contributed by atoms with Gasteiger partial charge in [-0.1, -0.05) is 19.1 Å². The molecule has 0 bridgehead atoms. The fourth-order valence-electron chi connectivity index (χ4n) is 5.84. The lowest BCUT2D eigenvalue weighted by Crippen LogP contribution is -2.34. The van der Waals surface area contributed by atoms with Gasteiger partial charge in [0, 0.05) is 30.6 Å². The summed E-state index contributed by atoms with van der Waals surface area (Å²) < 4.78 is 81.8. The zero-order chi connectivity index (χ0) is 29.8. The van der Waals surface area contributed by atoms with Gasteiger partial charge in [-0.05, 0) is 73.1 Å². The molecule has 2 aliphatic rings. The van der Waals surface area contributed by atoms with Crippen molar-refractivity contribution in [2.24, 2.45) is 11.8 Å². The van der Waals surface area contributed by atoms with Crippen molar-refractivity contribution in [3.63, 3.8) is 0 Å². The fraction of sp³-hybridized carbons (Fsp3) is 0.552. The molecule has 226 valence electrons. The highest BCUT2D eigenvalue weighted by atomic mass is 32.2. The Bertz CT molecular complexity index is 1270. The first kappa shape index (κ1) is 31.2. The summed E-state index contributed by atoms with van der Waals surface area (Å²) in [7, 11) is -3.38. The molecule has 1 unspecified atom stereocenters. The lowest BCUT2D eigenvalue weighted by Gasteiger charge is -2.32. The summed E-state index contributed by atoms with van der Waals surface area (Å²) in [6.45, 7) is -1.45. The van der Waals surface area contributed by atoms with Crippen molar-refractivity contribution >= 4 is 21.4 Å². The molecule has 7 nitrogen and oxygen atoms in total. The monoisotopic (exact) mass is 600 g/mol. The molecule has 1 amide bonds. The average Bonchev–Trinajstić information content (AvgIpc) is 3.39. The van der Waals surface area contributed by atoms with Crippen LogP contribution in [-0.4, -0.2) is 63.5 Å². The summed E-state index contributed by atoms with van der Waals surface area (Å²) in [6, 6.07) is 11.5. The Labute approximate surface area is 237 Å². The maximum atomic E-state index is 13.7. The number of sulfone groups is 1. The number of carbonyl (C=O) groups excluding carboxylic acids is 1. The SMILES string of the molecule is CCS(=O)(=O)c1ccc([C@H](CO)NC(=O)c2ccc(N3CC(C4CCC(F)(F)CC4)C[C@H]3COC(F)F)cc2)cc1. The number of halogens is 4. The van der Waals surface area contributed by atoms with Crippen LogP contribution in [0.15, 0.2) is 53.4 Å². The van der Waals surface area contributed by atoms with Crippen LogP contribution < -0.4 is 10.2 Å². The second-order valence-electron chi connectivity index (χ2n) is 10.8. The van der Waals surface area contributed by atoms with Crippen molar-refractivity contribution in [2.45, 2.75) is 68.5 Å². The number of nitrogens with one attached hydrogen (secondary N) is 1. The smallest absolute Gasteiger partial charge is 0.345 e. The van der Waals surface area contributed by atoms with Gasteiger partial charge in [-0.25, -0.2) is 17.2 Å². The Kier molecular flexibility index (Phi) is 9.97. The molecule has 2 aromatic rings. The number of hydrogen-bond donors (Lipinski definition) is 2. The fourth-order valence-corrected chi connectivity index (χ4v) is 6.72. The third kappa shape index (κ3) is 7.78. The number of aliphatic hydroxyl groups is 1. The van der Waals surface area contributed by atoms with Gasteiger partial charge in [0.25, 0.3) is 5.91 Å². The Morgan fingerprint density at radius 2 is 1.71 bits per heavy atom. The third-order valence-corrected chi connectivity index (χ3v) is 10.0. The van der Waals surface area contributed by atoms with E-state index in [9.17, 15) is 35.9 Å². The first-order valence-electron chi connectivity index (χ1n) is 13.8. The van der Waals surface area contributed by atoms with E-state index in [4.69, 9.17) is 0 Å².